The summed E-state index contributed by atoms with van der Waals surface area (Å²) in [5.41, 5.74) is 2.18. The first kappa shape index (κ1) is 20.3. The Balaban J connectivity index is 1.88. The molecule has 0 aliphatic heterocycles. The standard InChI is InChI=1S/C23H24O6/c1-13(2)5-4-6-14(3)7-8-28-20-12-19-16(11-17(20)25)23(27)22-18(26)9-15(24)10-21(22)29-19/h5,7,9-12,24-26H,4,6,8H2,1-3H3/b14-7+. The summed E-state index contributed by atoms with van der Waals surface area (Å²) in [5.74, 6) is -0.624. The predicted molar refractivity (Wildman–Crippen MR) is 113 cm³/mol. The molecule has 0 fully saturated rings. The molecule has 0 aliphatic rings. The molecule has 0 radical (unpaired) electrons. The van der Waals surface area contributed by atoms with Gasteiger partial charge in [-0.3, -0.25) is 4.79 Å². The van der Waals surface area contributed by atoms with Gasteiger partial charge in [0, 0.05) is 18.2 Å². The number of hydrogen-bond acceptors (Lipinski definition) is 6. The van der Waals surface area contributed by atoms with E-state index >= 15 is 0 Å². The van der Waals surface area contributed by atoms with Crippen LogP contribution in [0, 0.1) is 0 Å². The Kier molecular flexibility index (Phi) is 5.82. The monoisotopic (exact) mass is 396 g/mol. The predicted octanol–water partition coefficient (Wildman–Crippen LogP) is 5.13. The van der Waals surface area contributed by atoms with E-state index in [1.165, 1.54) is 29.3 Å². The first-order valence-corrected chi connectivity index (χ1v) is 9.33. The van der Waals surface area contributed by atoms with Crippen molar-refractivity contribution < 1.29 is 24.5 Å². The van der Waals surface area contributed by atoms with Gasteiger partial charge < -0.3 is 24.5 Å². The molecule has 0 spiro atoms. The quantitative estimate of drug-likeness (QED) is 0.394. The zero-order valence-electron chi connectivity index (χ0n) is 16.7. The highest BCUT2D eigenvalue weighted by atomic mass is 16.5. The third-order valence-electron chi connectivity index (χ3n) is 4.58. The van der Waals surface area contributed by atoms with Gasteiger partial charge in [-0.05, 0) is 45.8 Å². The number of ether oxygens (including phenoxy) is 1. The lowest BCUT2D eigenvalue weighted by Gasteiger charge is -2.09. The van der Waals surface area contributed by atoms with E-state index in [9.17, 15) is 20.1 Å². The van der Waals surface area contributed by atoms with Crippen LogP contribution in [-0.4, -0.2) is 21.9 Å². The zero-order chi connectivity index (χ0) is 21.1. The molecular formula is C23H24O6. The summed E-state index contributed by atoms with van der Waals surface area (Å²) >= 11 is 0. The van der Waals surface area contributed by atoms with Gasteiger partial charge in [0.25, 0.3) is 0 Å². The topological polar surface area (TPSA) is 100 Å². The average Bonchev–Trinajstić information content (AvgIpc) is 2.62. The lowest BCUT2D eigenvalue weighted by molar-refractivity contribution is 0.335. The molecule has 3 aromatic rings. The van der Waals surface area contributed by atoms with Gasteiger partial charge in [0.05, 0.1) is 5.39 Å². The van der Waals surface area contributed by atoms with Crippen molar-refractivity contribution in [1.29, 1.82) is 0 Å². The molecule has 0 unspecified atom stereocenters. The van der Waals surface area contributed by atoms with Crippen LogP contribution in [0.3, 0.4) is 0 Å². The lowest BCUT2D eigenvalue weighted by atomic mass is 10.1. The van der Waals surface area contributed by atoms with Gasteiger partial charge in [-0.2, -0.15) is 0 Å². The fourth-order valence-corrected chi connectivity index (χ4v) is 3.04. The van der Waals surface area contributed by atoms with E-state index in [1.54, 1.807) is 0 Å². The van der Waals surface area contributed by atoms with Crippen LogP contribution in [0.1, 0.15) is 33.6 Å². The van der Waals surface area contributed by atoms with E-state index < -0.39 is 5.43 Å². The normalized spacial score (nSPS) is 11.8. The summed E-state index contributed by atoms with van der Waals surface area (Å²) in [6.45, 7) is 6.41. The van der Waals surface area contributed by atoms with E-state index in [0.717, 1.165) is 18.9 Å². The molecule has 0 saturated carbocycles. The molecule has 6 nitrogen and oxygen atoms in total. The van der Waals surface area contributed by atoms with Crippen LogP contribution >= 0.6 is 0 Å². The number of aromatic hydroxyl groups is 3. The first-order valence-electron chi connectivity index (χ1n) is 9.33. The minimum atomic E-state index is -0.504. The molecule has 0 aliphatic carbocycles. The van der Waals surface area contributed by atoms with Crippen LogP contribution in [-0.2, 0) is 0 Å². The highest BCUT2D eigenvalue weighted by Gasteiger charge is 2.16. The average molecular weight is 396 g/mol. The second kappa shape index (κ2) is 8.31. The minimum absolute atomic E-state index is 0.0478. The molecule has 1 heterocycles. The largest absolute Gasteiger partial charge is 0.508 e. The van der Waals surface area contributed by atoms with Crippen LogP contribution in [0.5, 0.6) is 23.0 Å². The highest BCUT2D eigenvalue weighted by Crippen LogP contribution is 2.34. The Morgan fingerprint density at radius 1 is 1.00 bits per heavy atom. The fraction of sp³-hybridized carbons (Fsp3) is 0.261. The maximum Gasteiger partial charge on any atom is 0.204 e. The molecule has 0 amide bonds. The molecule has 6 heteroatoms. The number of benzene rings is 2. The van der Waals surface area contributed by atoms with E-state index in [4.69, 9.17) is 9.15 Å². The molecule has 29 heavy (non-hydrogen) atoms. The second-order valence-electron chi connectivity index (χ2n) is 7.27. The molecule has 3 N–H and O–H groups in total. The molecule has 1 aromatic heterocycles. The second-order valence-corrected chi connectivity index (χ2v) is 7.27. The number of hydrogen-bond donors (Lipinski definition) is 3. The number of rotatable bonds is 6. The van der Waals surface area contributed by atoms with Crippen molar-refractivity contribution in [2.45, 2.75) is 33.6 Å². The van der Waals surface area contributed by atoms with Gasteiger partial charge in [-0.15, -0.1) is 0 Å². The minimum Gasteiger partial charge on any atom is -0.508 e. The molecular weight excluding hydrogens is 372 g/mol. The smallest absolute Gasteiger partial charge is 0.204 e. The molecule has 0 bridgehead atoms. The van der Waals surface area contributed by atoms with Gasteiger partial charge in [-0.1, -0.05) is 17.2 Å². The summed E-state index contributed by atoms with van der Waals surface area (Å²) < 4.78 is 11.3. The summed E-state index contributed by atoms with van der Waals surface area (Å²) in [4.78, 5) is 12.7. The summed E-state index contributed by atoms with van der Waals surface area (Å²) in [7, 11) is 0. The maximum atomic E-state index is 12.7. The molecule has 2 aromatic carbocycles. The maximum absolute atomic E-state index is 12.7. The Morgan fingerprint density at radius 3 is 2.48 bits per heavy atom. The van der Waals surface area contributed by atoms with E-state index in [1.807, 2.05) is 13.0 Å². The highest BCUT2D eigenvalue weighted by molar-refractivity contribution is 5.94. The van der Waals surface area contributed by atoms with Crippen LogP contribution in [0.4, 0.5) is 0 Å². The first-order chi connectivity index (χ1) is 13.8. The van der Waals surface area contributed by atoms with Crippen LogP contribution < -0.4 is 10.2 Å². The molecule has 0 saturated heterocycles. The van der Waals surface area contributed by atoms with Gasteiger partial charge in [0.1, 0.15) is 34.7 Å². The third-order valence-corrected chi connectivity index (χ3v) is 4.58. The Hall–Kier alpha value is -3.41. The van der Waals surface area contributed by atoms with Crippen molar-refractivity contribution in [3.8, 4) is 23.0 Å². The van der Waals surface area contributed by atoms with Gasteiger partial charge in [0.2, 0.25) is 5.43 Å². The number of allylic oxidation sites excluding steroid dienone is 3. The molecule has 0 atom stereocenters. The Labute approximate surface area is 168 Å². The van der Waals surface area contributed by atoms with Gasteiger partial charge in [0.15, 0.2) is 11.5 Å². The zero-order valence-corrected chi connectivity index (χ0v) is 16.7. The van der Waals surface area contributed by atoms with Crippen LogP contribution in [0.2, 0.25) is 0 Å². The number of phenols is 3. The third kappa shape index (κ3) is 4.54. The van der Waals surface area contributed by atoms with Crippen molar-refractivity contribution >= 4 is 21.9 Å². The van der Waals surface area contributed by atoms with E-state index in [-0.39, 0.29) is 51.5 Å². The number of fused-ring (bicyclic) bond motifs is 2. The SMILES string of the molecule is CC(C)=CCC/C(C)=C/COc1cc2oc3cc(O)cc(O)c3c(=O)c2cc1O. The summed E-state index contributed by atoms with van der Waals surface area (Å²) in [6.07, 6.45) is 6.00. The van der Waals surface area contributed by atoms with Crippen LogP contribution in [0.15, 0.2) is 56.8 Å². The fourth-order valence-electron chi connectivity index (χ4n) is 3.04. The van der Waals surface area contributed by atoms with Gasteiger partial charge in [-0.25, -0.2) is 0 Å². The Bertz CT molecular complexity index is 1180. The van der Waals surface area contributed by atoms with E-state index in [0.29, 0.717) is 0 Å². The van der Waals surface area contributed by atoms with Crippen molar-refractivity contribution in [1.82, 2.24) is 0 Å². The molecule has 3 rings (SSSR count). The van der Waals surface area contributed by atoms with Crippen molar-refractivity contribution in [3.63, 3.8) is 0 Å². The summed E-state index contributed by atoms with van der Waals surface area (Å²) in [5, 5.41) is 29.9. The van der Waals surface area contributed by atoms with Crippen molar-refractivity contribution in [2.75, 3.05) is 6.61 Å². The van der Waals surface area contributed by atoms with Crippen molar-refractivity contribution in [2.24, 2.45) is 0 Å². The lowest BCUT2D eigenvalue weighted by Crippen LogP contribution is -2.03. The van der Waals surface area contributed by atoms with Gasteiger partial charge >= 0.3 is 0 Å². The van der Waals surface area contributed by atoms with E-state index in [2.05, 4.69) is 19.9 Å². The number of phenolic OH excluding ortho intramolecular Hbond substituents is 3. The molecule has 152 valence electrons. The summed E-state index contributed by atoms with van der Waals surface area (Å²) in [6, 6.07) is 5.00. The van der Waals surface area contributed by atoms with Crippen molar-refractivity contribution in [3.05, 3.63) is 57.8 Å². The Morgan fingerprint density at radius 2 is 1.76 bits per heavy atom. The van der Waals surface area contributed by atoms with Crippen LogP contribution in [0.25, 0.3) is 21.9 Å².